The Balaban J connectivity index is 1.60. The predicted octanol–water partition coefficient (Wildman–Crippen LogP) is 8.76. The number of nitrogens with zero attached hydrogens (tertiary/aromatic N) is 2. The van der Waals surface area contributed by atoms with E-state index in [1.807, 2.05) is 72.8 Å². The van der Waals surface area contributed by atoms with E-state index in [0.29, 0.717) is 5.71 Å². The van der Waals surface area contributed by atoms with E-state index in [1.165, 1.54) is 5.56 Å². The van der Waals surface area contributed by atoms with Crippen molar-refractivity contribution in [1.82, 2.24) is 0 Å². The van der Waals surface area contributed by atoms with Gasteiger partial charge in [-0.3, -0.25) is 4.79 Å². The van der Waals surface area contributed by atoms with Gasteiger partial charge in [-0.15, -0.1) is 0 Å². The minimum absolute atomic E-state index is 0.109. The van der Waals surface area contributed by atoms with Gasteiger partial charge in [-0.05, 0) is 95.3 Å². The lowest BCUT2D eigenvalue weighted by atomic mass is 9.66. The van der Waals surface area contributed by atoms with Gasteiger partial charge < -0.3 is 4.74 Å². The third-order valence-corrected chi connectivity index (χ3v) is 8.56. The highest BCUT2D eigenvalue weighted by Gasteiger charge is 2.60. The second-order valence-corrected chi connectivity index (χ2v) is 11.3. The van der Waals surface area contributed by atoms with Gasteiger partial charge in [0.25, 0.3) is 5.91 Å². The third-order valence-electron chi connectivity index (χ3n) is 8.56. The Labute approximate surface area is 258 Å². The molecule has 0 bridgehead atoms. The molecule has 1 aliphatic heterocycles. The molecular formula is C40H32N2O2. The highest BCUT2D eigenvalue weighted by atomic mass is 16.5. The molecule has 5 aromatic carbocycles. The summed E-state index contributed by atoms with van der Waals surface area (Å²) in [4.78, 5) is 15.4. The summed E-state index contributed by atoms with van der Waals surface area (Å²) in [6, 6.07) is 44.8. The van der Waals surface area contributed by atoms with Gasteiger partial charge in [0, 0.05) is 0 Å². The van der Waals surface area contributed by atoms with Gasteiger partial charge in [-0.1, -0.05) is 108 Å². The Hall–Kier alpha value is -5.48. The Morgan fingerprint density at radius 3 is 1.75 bits per heavy atom. The molecule has 0 saturated heterocycles. The first-order chi connectivity index (χ1) is 21.5. The molecule has 4 nitrogen and oxygen atoms in total. The molecular weight excluding hydrogens is 540 g/mol. The monoisotopic (exact) mass is 572 g/mol. The number of hydrogen-bond donors (Lipinski definition) is 0. The maximum Gasteiger partial charge on any atom is 0.268 e. The average Bonchev–Trinajstić information content (AvgIpc) is 3.58. The van der Waals surface area contributed by atoms with E-state index in [4.69, 9.17) is 9.84 Å². The van der Waals surface area contributed by atoms with Crippen LogP contribution < -0.4 is 9.75 Å². The molecule has 0 radical (unpaired) electrons. The maximum absolute atomic E-state index is 15.4. The number of amides is 1. The first kappa shape index (κ1) is 27.4. The fourth-order valence-electron chi connectivity index (χ4n) is 6.35. The van der Waals surface area contributed by atoms with Crippen molar-refractivity contribution in [3.05, 3.63) is 173 Å². The van der Waals surface area contributed by atoms with Crippen molar-refractivity contribution >= 4 is 34.0 Å². The summed E-state index contributed by atoms with van der Waals surface area (Å²) in [5.74, 6) is 0.634. The molecule has 1 heterocycles. The number of ether oxygens (including phenoxy) is 1. The Morgan fingerprint density at radius 2 is 1.16 bits per heavy atom. The van der Waals surface area contributed by atoms with Crippen LogP contribution in [0.2, 0.25) is 0 Å². The van der Waals surface area contributed by atoms with Crippen molar-refractivity contribution in [1.29, 1.82) is 0 Å². The van der Waals surface area contributed by atoms with Crippen LogP contribution in [-0.2, 0) is 4.79 Å². The van der Waals surface area contributed by atoms with Crippen LogP contribution in [-0.4, -0.2) is 18.7 Å². The summed E-state index contributed by atoms with van der Waals surface area (Å²) >= 11 is 0. The summed E-state index contributed by atoms with van der Waals surface area (Å²) < 4.78 is 5.50. The number of anilines is 1. The van der Waals surface area contributed by atoms with Crippen molar-refractivity contribution in [2.45, 2.75) is 13.8 Å². The van der Waals surface area contributed by atoms with E-state index in [1.54, 1.807) is 12.1 Å². The number of benzene rings is 5. The van der Waals surface area contributed by atoms with E-state index in [-0.39, 0.29) is 5.91 Å². The van der Waals surface area contributed by atoms with Crippen LogP contribution in [0.4, 0.5) is 5.69 Å². The fraction of sp³-hybridized carbons (Fsp3) is 0.100. The lowest BCUT2D eigenvalue weighted by Gasteiger charge is -2.32. The lowest BCUT2D eigenvalue weighted by Crippen LogP contribution is -2.41. The number of methoxy groups -OCH3 is 1. The second-order valence-electron chi connectivity index (χ2n) is 11.3. The maximum atomic E-state index is 15.4. The lowest BCUT2D eigenvalue weighted by molar-refractivity contribution is -0.120. The SMILES string of the molecule is COc1ccc(C2=NN(c3ccccc3)C(=O)[C@@]23C(c2ccccc2)=CC(c2ccc(C)cc2)=C3c2ccc(C)cc2)cc1. The van der Waals surface area contributed by atoms with E-state index in [9.17, 15) is 0 Å². The van der Waals surface area contributed by atoms with Crippen molar-refractivity contribution in [2.24, 2.45) is 10.5 Å². The molecule has 1 amide bonds. The standard InChI is InChI=1S/C40H32N2O2/c1-27-14-18-29(19-15-27)35-26-36(30-10-6-4-7-11-30)40(37(35)31-20-16-28(2)17-21-31)38(32-22-24-34(44-3)25-23-32)41-42(39(40)43)33-12-8-5-9-13-33/h4-26H,1-3H3/t40-/m1/s1. The summed E-state index contributed by atoms with van der Waals surface area (Å²) in [5.41, 5.74) is 9.23. The second kappa shape index (κ2) is 11.0. The van der Waals surface area contributed by atoms with Crippen LogP contribution in [0.15, 0.2) is 145 Å². The van der Waals surface area contributed by atoms with Crippen LogP contribution in [0.25, 0.3) is 16.7 Å². The van der Waals surface area contributed by atoms with Crippen LogP contribution in [0.5, 0.6) is 5.75 Å². The molecule has 214 valence electrons. The van der Waals surface area contributed by atoms with E-state index >= 15 is 4.79 Å². The molecule has 0 unspecified atom stereocenters. The molecule has 1 aliphatic carbocycles. The van der Waals surface area contributed by atoms with Gasteiger partial charge in [-0.25, -0.2) is 0 Å². The third kappa shape index (κ3) is 4.38. The molecule has 4 heteroatoms. The number of hydrogen-bond acceptors (Lipinski definition) is 3. The summed E-state index contributed by atoms with van der Waals surface area (Å²) in [6.45, 7) is 4.17. The van der Waals surface area contributed by atoms with Crippen LogP contribution >= 0.6 is 0 Å². The molecule has 0 N–H and O–H groups in total. The van der Waals surface area contributed by atoms with Gasteiger partial charge in [-0.2, -0.15) is 10.1 Å². The van der Waals surface area contributed by atoms with Crippen molar-refractivity contribution in [2.75, 3.05) is 12.1 Å². The number of aryl methyl sites for hydroxylation is 2. The molecule has 0 aromatic heterocycles. The first-order valence-corrected chi connectivity index (χ1v) is 14.8. The number of carbonyl (C=O) groups is 1. The number of carbonyl (C=O) groups excluding carboxylic acids is 1. The molecule has 2 aliphatic rings. The Kier molecular flexibility index (Phi) is 6.83. The van der Waals surface area contributed by atoms with Gasteiger partial charge in [0.15, 0.2) is 0 Å². The quantitative estimate of drug-likeness (QED) is 0.204. The van der Waals surface area contributed by atoms with Crippen LogP contribution in [0, 0.1) is 19.3 Å². The zero-order valence-electron chi connectivity index (χ0n) is 25.0. The van der Waals surface area contributed by atoms with E-state index in [0.717, 1.165) is 56.0 Å². The van der Waals surface area contributed by atoms with Crippen molar-refractivity contribution in [3.8, 4) is 5.75 Å². The molecule has 0 saturated carbocycles. The summed E-state index contributed by atoms with van der Waals surface area (Å²) in [7, 11) is 1.66. The smallest absolute Gasteiger partial charge is 0.268 e. The van der Waals surface area contributed by atoms with Gasteiger partial charge in [0.1, 0.15) is 11.2 Å². The van der Waals surface area contributed by atoms with E-state index in [2.05, 4.69) is 80.6 Å². The minimum Gasteiger partial charge on any atom is -0.497 e. The topological polar surface area (TPSA) is 41.9 Å². The molecule has 1 spiro atoms. The summed E-state index contributed by atoms with van der Waals surface area (Å²) in [5, 5.41) is 6.78. The fourth-order valence-corrected chi connectivity index (χ4v) is 6.35. The number of allylic oxidation sites excluding steroid dienone is 2. The average molecular weight is 573 g/mol. The molecule has 7 rings (SSSR count). The Bertz CT molecular complexity index is 1940. The number of hydrazone groups is 1. The zero-order chi connectivity index (χ0) is 30.3. The van der Waals surface area contributed by atoms with Crippen LogP contribution in [0.3, 0.4) is 0 Å². The van der Waals surface area contributed by atoms with Crippen molar-refractivity contribution < 1.29 is 9.53 Å². The Morgan fingerprint density at radius 1 is 0.614 bits per heavy atom. The molecule has 0 fully saturated rings. The van der Waals surface area contributed by atoms with Crippen LogP contribution in [0.1, 0.15) is 33.4 Å². The predicted molar refractivity (Wildman–Crippen MR) is 179 cm³/mol. The van der Waals surface area contributed by atoms with Gasteiger partial charge in [0.2, 0.25) is 0 Å². The minimum atomic E-state index is -1.22. The van der Waals surface area contributed by atoms with E-state index < -0.39 is 5.41 Å². The van der Waals surface area contributed by atoms with Gasteiger partial charge >= 0.3 is 0 Å². The zero-order valence-corrected chi connectivity index (χ0v) is 25.0. The number of para-hydroxylation sites is 1. The first-order valence-electron chi connectivity index (χ1n) is 14.8. The highest BCUT2D eigenvalue weighted by Crippen LogP contribution is 2.60. The number of rotatable bonds is 6. The normalized spacial score (nSPS) is 17.7. The molecule has 44 heavy (non-hydrogen) atoms. The largest absolute Gasteiger partial charge is 0.497 e. The van der Waals surface area contributed by atoms with Crippen molar-refractivity contribution in [3.63, 3.8) is 0 Å². The molecule has 1 atom stereocenters. The molecule has 5 aromatic rings. The van der Waals surface area contributed by atoms with Gasteiger partial charge in [0.05, 0.1) is 18.5 Å². The summed E-state index contributed by atoms with van der Waals surface area (Å²) in [6.07, 6.45) is 2.21. The highest BCUT2D eigenvalue weighted by molar-refractivity contribution is 6.42.